The first-order chi connectivity index (χ1) is 11.6. The SMILES string of the molecule is C[C@H]1CCN(C(=O)c2cncc(F)c2)CCN1Cc1ccccc1. The molecule has 0 spiro atoms. The fourth-order valence-electron chi connectivity index (χ4n) is 3.07. The number of halogens is 1. The molecular weight excluding hydrogens is 305 g/mol. The molecule has 0 aliphatic carbocycles. The lowest BCUT2D eigenvalue weighted by atomic mass is 10.1. The summed E-state index contributed by atoms with van der Waals surface area (Å²) in [6.07, 6.45) is 3.45. The van der Waals surface area contributed by atoms with Crippen molar-refractivity contribution in [2.24, 2.45) is 0 Å². The average molecular weight is 327 g/mol. The molecule has 24 heavy (non-hydrogen) atoms. The molecule has 0 bridgehead atoms. The number of aromatic nitrogens is 1. The summed E-state index contributed by atoms with van der Waals surface area (Å²) >= 11 is 0. The summed E-state index contributed by atoms with van der Waals surface area (Å²) in [7, 11) is 0. The number of pyridine rings is 1. The maximum Gasteiger partial charge on any atom is 0.255 e. The molecule has 0 unspecified atom stereocenters. The standard InChI is InChI=1S/C19H22FN3O/c1-15-7-8-22(19(24)17-11-18(20)13-21-12-17)9-10-23(15)14-16-5-3-2-4-6-16/h2-6,11-13,15H,7-10,14H2,1H3/t15-/m0/s1. The highest BCUT2D eigenvalue weighted by Gasteiger charge is 2.24. The number of benzene rings is 1. The van der Waals surface area contributed by atoms with Crippen molar-refractivity contribution in [3.63, 3.8) is 0 Å². The van der Waals surface area contributed by atoms with Crippen LogP contribution in [0.4, 0.5) is 4.39 Å². The molecule has 1 saturated heterocycles. The predicted molar refractivity (Wildman–Crippen MR) is 91.0 cm³/mol. The molecule has 4 nitrogen and oxygen atoms in total. The summed E-state index contributed by atoms with van der Waals surface area (Å²) in [5.74, 6) is -0.620. The van der Waals surface area contributed by atoms with E-state index in [0.717, 1.165) is 25.7 Å². The Morgan fingerprint density at radius 2 is 2.00 bits per heavy atom. The van der Waals surface area contributed by atoms with Gasteiger partial charge in [0.05, 0.1) is 11.8 Å². The third-order valence-electron chi connectivity index (χ3n) is 4.56. The van der Waals surface area contributed by atoms with E-state index < -0.39 is 5.82 Å². The number of nitrogens with zero attached hydrogens (tertiary/aromatic N) is 3. The highest BCUT2D eigenvalue weighted by molar-refractivity contribution is 5.93. The Bertz CT molecular complexity index is 692. The number of carbonyl (C=O) groups is 1. The van der Waals surface area contributed by atoms with Crippen LogP contribution in [0.25, 0.3) is 0 Å². The minimum atomic E-state index is -0.477. The lowest BCUT2D eigenvalue weighted by molar-refractivity contribution is 0.0760. The van der Waals surface area contributed by atoms with E-state index in [4.69, 9.17) is 0 Å². The summed E-state index contributed by atoms with van der Waals surface area (Å²) < 4.78 is 13.3. The van der Waals surface area contributed by atoms with Crippen molar-refractivity contribution in [2.75, 3.05) is 19.6 Å². The van der Waals surface area contributed by atoms with Gasteiger partial charge in [0.15, 0.2) is 0 Å². The van der Waals surface area contributed by atoms with Gasteiger partial charge >= 0.3 is 0 Å². The van der Waals surface area contributed by atoms with Gasteiger partial charge in [-0.3, -0.25) is 14.7 Å². The van der Waals surface area contributed by atoms with E-state index in [1.165, 1.54) is 17.8 Å². The lowest BCUT2D eigenvalue weighted by Gasteiger charge is -2.26. The van der Waals surface area contributed by atoms with Gasteiger partial charge in [-0.05, 0) is 25.0 Å². The maximum atomic E-state index is 13.3. The number of amides is 1. The summed E-state index contributed by atoms with van der Waals surface area (Å²) in [5.41, 5.74) is 1.60. The third-order valence-corrected chi connectivity index (χ3v) is 4.56. The summed E-state index contributed by atoms with van der Waals surface area (Å²) in [6, 6.07) is 12.0. The van der Waals surface area contributed by atoms with Gasteiger partial charge in [-0.15, -0.1) is 0 Å². The number of rotatable bonds is 3. The normalized spacial score (nSPS) is 19.1. The molecule has 2 aromatic rings. The van der Waals surface area contributed by atoms with Crippen molar-refractivity contribution in [1.29, 1.82) is 0 Å². The Morgan fingerprint density at radius 1 is 1.21 bits per heavy atom. The van der Waals surface area contributed by atoms with E-state index in [1.54, 1.807) is 4.90 Å². The highest BCUT2D eigenvalue weighted by Crippen LogP contribution is 2.16. The highest BCUT2D eigenvalue weighted by atomic mass is 19.1. The van der Waals surface area contributed by atoms with Crippen LogP contribution in [-0.2, 0) is 6.54 Å². The molecule has 1 aliphatic rings. The molecule has 0 radical (unpaired) electrons. The summed E-state index contributed by atoms with van der Waals surface area (Å²) in [4.78, 5) is 20.6. The molecule has 1 aliphatic heterocycles. The Kier molecular flexibility index (Phi) is 5.20. The van der Waals surface area contributed by atoms with Gasteiger partial charge in [0, 0.05) is 38.4 Å². The van der Waals surface area contributed by atoms with Crippen molar-refractivity contribution < 1.29 is 9.18 Å². The molecule has 1 fully saturated rings. The molecule has 0 saturated carbocycles. The molecule has 1 aromatic heterocycles. The maximum absolute atomic E-state index is 13.3. The van der Waals surface area contributed by atoms with Crippen molar-refractivity contribution in [1.82, 2.24) is 14.8 Å². The van der Waals surface area contributed by atoms with Crippen LogP contribution in [0.5, 0.6) is 0 Å². The molecule has 5 heteroatoms. The smallest absolute Gasteiger partial charge is 0.255 e. The van der Waals surface area contributed by atoms with Crippen molar-refractivity contribution >= 4 is 5.91 Å². The van der Waals surface area contributed by atoms with Gasteiger partial charge < -0.3 is 4.90 Å². The van der Waals surface area contributed by atoms with Crippen LogP contribution in [0.1, 0.15) is 29.3 Å². The lowest BCUT2D eigenvalue weighted by Crippen LogP contribution is -2.36. The van der Waals surface area contributed by atoms with Crippen molar-refractivity contribution in [2.45, 2.75) is 25.9 Å². The Hall–Kier alpha value is -2.27. The van der Waals surface area contributed by atoms with Gasteiger partial charge in [0.1, 0.15) is 5.82 Å². The van der Waals surface area contributed by atoms with Crippen LogP contribution in [0.15, 0.2) is 48.8 Å². The predicted octanol–water partition coefficient (Wildman–Crippen LogP) is 2.96. The van der Waals surface area contributed by atoms with Crippen LogP contribution in [-0.4, -0.2) is 46.4 Å². The monoisotopic (exact) mass is 327 g/mol. The molecule has 126 valence electrons. The van der Waals surface area contributed by atoms with Gasteiger partial charge in [0.25, 0.3) is 5.91 Å². The Balaban J connectivity index is 1.66. The molecular formula is C19H22FN3O. The first-order valence-corrected chi connectivity index (χ1v) is 8.31. The molecule has 1 aromatic carbocycles. The first kappa shape index (κ1) is 16.6. The van der Waals surface area contributed by atoms with E-state index >= 15 is 0 Å². The largest absolute Gasteiger partial charge is 0.337 e. The zero-order chi connectivity index (χ0) is 16.9. The van der Waals surface area contributed by atoms with Gasteiger partial charge in [0.2, 0.25) is 0 Å². The van der Waals surface area contributed by atoms with E-state index in [9.17, 15) is 9.18 Å². The van der Waals surface area contributed by atoms with Gasteiger partial charge in [-0.25, -0.2) is 4.39 Å². The van der Waals surface area contributed by atoms with Crippen molar-refractivity contribution in [3.8, 4) is 0 Å². The zero-order valence-electron chi connectivity index (χ0n) is 13.9. The topological polar surface area (TPSA) is 36.4 Å². The van der Waals surface area contributed by atoms with Crippen LogP contribution in [0, 0.1) is 5.82 Å². The Labute approximate surface area is 141 Å². The van der Waals surface area contributed by atoms with Crippen LogP contribution < -0.4 is 0 Å². The quantitative estimate of drug-likeness (QED) is 0.870. The van der Waals surface area contributed by atoms with Crippen molar-refractivity contribution in [3.05, 3.63) is 65.7 Å². The van der Waals surface area contributed by atoms with Crippen LogP contribution >= 0.6 is 0 Å². The second-order valence-electron chi connectivity index (χ2n) is 6.28. The molecule has 3 rings (SSSR count). The van der Waals surface area contributed by atoms with Crippen LogP contribution in [0.2, 0.25) is 0 Å². The molecule has 1 atom stereocenters. The van der Waals surface area contributed by atoms with E-state index in [-0.39, 0.29) is 5.91 Å². The van der Waals surface area contributed by atoms with Gasteiger partial charge in [-0.2, -0.15) is 0 Å². The number of hydrogen-bond donors (Lipinski definition) is 0. The molecule has 2 heterocycles. The first-order valence-electron chi connectivity index (χ1n) is 8.31. The number of carbonyl (C=O) groups excluding carboxylic acids is 1. The summed E-state index contributed by atoms with van der Waals surface area (Å²) in [6.45, 7) is 5.21. The zero-order valence-corrected chi connectivity index (χ0v) is 13.9. The second kappa shape index (κ2) is 7.53. The minimum Gasteiger partial charge on any atom is -0.337 e. The van der Waals surface area contributed by atoms with Gasteiger partial charge in [-0.1, -0.05) is 30.3 Å². The average Bonchev–Trinajstić information content (AvgIpc) is 2.78. The second-order valence-corrected chi connectivity index (χ2v) is 6.28. The van der Waals surface area contributed by atoms with E-state index in [1.807, 2.05) is 18.2 Å². The Morgan fingerprint density at radius 3 is 2.75 bits per heavy atom. The fourth-order valence-corrected chi connectivity index (χ4v) is 3.07. The van der Waals surface area contributed by atoms with E-state index in [0.29, 0.717) is 24.7 Å². The van der Waals surface area contributed by atoms with Crippen LogP contribution in [0.3, 0.4) is 0 Å². The summed E-state index contributed by atoms with van der Waals surface area (Å²) in [5, 5.41) is 0. The van der Waals surface area contributed by atoms with E-state index in [2.05, 4.69) is 28.9 Å². The molecule has 0 N–H and O–H groups in total. The number of hydrogen-bond acceptors (Lipinski definition) is 3. The minimum absolute atomic E-state index is 0.143. The molecule has 1 amide bonds. The fraction of sp³-hybridized carbons (Fsp3) is 0.368. The third kappa shape index (κ3) is 3.97.